The van der Waals surface area contributed by atoms with Gasteiger partial charge in [-0.05, 0) is 44.8 Å². The summed E-state index contributed by atoms with van der Waals surface area (Å²) in [5.74, 6) is 0.818. The molecule has 1 unspecified atom stereocenters. The topological polar surface area (TPSA) is 21.3 Å². The van der Waals surface area contributed by atoms with Crippen LogP contribution >= 0.6 is 0 Å². The molecule has 88 valence electrons. The molecule has 1 atom stereocenters. The van der Waals surface area contributed by atoms with Crippen molar-refractivity contribution in [2.45, 2.75) is 32.0 Å². The fraction of sp³-hybridized carbons (Fsp3) is 0.571. The first kappa shape index (κ1) is 11.6. The van der Waals surface area contributed by atoms with Gasteiger partial charge in [0.05, 0.1) is 12.2 Å². The van der Waals surface area contributed by atoms with E-state index in [0.717, 1.165) is 12.5 Å². The van der Waals surface area contributed by atoms with Crippen LogP contribution in [0.5, 0.6) is 0 Å². The third-order valence-electron chi connectivity index (χ3n) is 3.35. The largest absolute Gasteiger partial charge is 0.371 e. The number of rotatable bonds is 5. The molecule has 1 aromatic rings. The predicted octanol–water partition coefficient (Wildman–Crippen LogP) is 2.76. The highest BCUT2D eigenvalue weighted by Crippen LogP contribution is 2.33. The molecule has 0 heterocycles. The molecular weight excluding hydrogens is 198 g/mol. The van der Waals surface area contributed by atoms with Crippen molar-refractivity contribution in [3.8, 4) is 0 Å². The minimum Gasteiger partial charge on any atom is -0.371 e. The zero-order valence-electron chi connectivity index (χ0n) is 10.1. The van der Waals surface area contributed by atoms with Crippen LogP contribution in [0.3, 0.4) is 0 Å². The molecular formula is C14H21NO. The molecule has 1 saturated carbocycles. The minimum atomic E-state index is 0.224. The maximum Gasteiger partial charge on any atom is 0.0800 e. The Balaban J connectivity index is 1.75. The summed E-state index contributed by atoms with van der Waals surface area (Å²) in [5, 5.41) is 3.22. The molecule has 0 aromatic heterocycles. The van der Waals surface area contributed by atoms with Crippen molar-refractivity contribution < 1.29 is 4.74 Å². The van der Waals surface area contributed by atoms with Gasteiger partial charge < -0.3 is 10.1 Å². The van der Waals surface area contributed by atoms with Crippen LogP contribution < -0.4 is 5.32 Å². The SMILES string of the molecule is CNCC1CC(OC(C)c2ccccc2)C1. The summed E-state index contributed by atoms with van der Waals surface area (Å²) in [6.45, 7) is 3.26. The van der Waals surface area contributed by atoms with Gasteiger partial charge >= 0.3 is 0 Å². The summed E-state index contributed by atoms with van der Waals surface area (Å²) in [5.41, 5.74) is 1.28. The first-order valence-electron chi connectivity index (χ1n) is 6.14. The van der Waals surface area contributed by atoms with Crippen molar-refractivity contribution in [3.05, 3.63) is 35.9 Å². The van der Waals surface area contributed by atoms with Crippen LogP contribution in [0.15, 0.2) is 30.3 Å². The van der Waals surface area contributed by atoms with Crippen LogP contribution in [0.25, 0.3) is 0 Å². The van der Waals surface area contributed by atoms with E-state index in [0.29, 0.717) is 6.10 Å². The van der Waals surface area contributed by atoms with Crippen molar-refractivity contribution in [2.75, 3.05) is 13.6 Å². The second-order valence-electron chi connectivity index (χ2n) is 4.71. The highest BCUT2D eigenvalue weighted by Gasteiger charge is 2.30. The van der Waals surface area contributed by atoms with E-state index in [1.165, 1.54) is 18.4 Å². The lowest BCUT2D eigenvalue weighted by Gasteiger charge is -2.36. The fourth-order valence-electron chi connectivity index (χ4n) is 2.33. The number of nitrogens with one attached hydrogen (secondary N) is 1. The summed E-state index contributed by atoms with van der Waals surface area (Å²) in [6.07, 6.45) is 3.10. The molecule has 0 bridgehead atoms. The second-order valence-corrected chi connectivity index (χ2v) is 4.71. The van der Waals surface area contributed by atoms with Crippen molar-refractivity contribution >= 4 is 0 Å². The average Bonchev–Trinajstić information content (AvgIpc) is 2.27. The summed E-state index contributed by atoms with van der Waals surface area (Å²) >= 11 is 0. The van der Waals surface area contributed by atoms with Crippen LogP contribution in [-0.4, -0.2) is 19.7 Å². The minimum absolute atomic E-state index is 0.224. The number of ether oxygens (including phenoxy) is 1. The van der Waals surface area contributed by atoms with Gasteiger partial charge in [-0.15, -0.1) is 0 Å². The van der Waals surface area contributed by atoms with Crippen molar-refractivity contribution in [3.63, 3.8) is 0 Å². The molecule has 1 N–H and O–H groups in total. The Kier molecular flexibility index (Phi) is 3.97. The Morgan fingerprint density at radius 2 is 2.00 bits per heavy atom. The third kappa shape index (κ3) is 2.83. The number of hydrogen-bond acceptors (Lipinski definition) is 2. The zero-order valence-corrected chi connectivity index (χ0v) is 10.1. The normalized spacial score (nSPS) is 26.1. The lowest BCUT2D eigenvalue weighted by molar-refractivity contribution is -0.0695. The molecule has 1 fully saturated rings. The molecule has 2 heteroatoms. The zero-order chi connectivity index (χ0) is 11.4. The summed E-state index contributed by atoms with van der Waals surface area (Å²) in [7, 11) is 2.01. The van der Waals surface area contributed by atoms with Gasteiger partial charge in [-0.2, -0.15) is 0 Å². The highest BCUT2D eigenvalue weighted by molar-refractivity contribution is 5.16. The van der Waals surface area contributed by atoms with Gasteiger partial charge in [0.15, 0.2) is 0 Å². The Labute approximate surface area is 98.0 Å². The van der Waals surface area contributed by atoms with E-state index in [9.17, 15) is 0 Å². The molecule has 0 radical (unpaired) electrons. The lowest BCUT2D eigenvalue weighted by Crippen LogP contribution is -2.37. The fourth-order valence-corrected chi connectivity index (χ4v) is 2.33. The Morgan fingerprint density at radius 3 is 2.62 bits per heavy atom. The van der Waals surface area contributed by atoms with Gasteiger partial charge in [-0.25, -0.2) is 0 Å². The molecule has 0 spiro atoms. The first-order chi connectivity index (χ1) is 7.79. The quantitative estimate of drug-likeness (QED) is 0.822. The molecule has 0 amide bonds. The monoisotopic (exact) mass is 219 g/mol. The van der Waals surface area contributed by atoms with E-state index in [4.69, 9.17) is 4.74 Å². The van der Waals surface area contributed by atoms with Crippen LogP contribution in [0.1, 0.15) is 31.4 Å². The second kappa shape index (κ2) is 5.46. The highest BCUT2D eigenvalue weighted by atomic mass is 16.5. The summed E-state index contributed by atoms with van der Waals surface area (Å²) in [6, 6.07) is 10.4. The van der Waals surface area contributed by atoms with Crippen molar-refractivity contribution in [1.29, 1.82) is 0 Å². The molecule has 0 saturated heterocycles. The van der Waals surface area contributed by atoms with Crippen LogP contribution in [0.4, 0.5) is 0 Å². The maximum absolute atomic E-state index is 6.02. The molecule has 1 aliphatic rings. The van der Waals surface area contributed by atoms with Gasteiger partial charge in [0, 0.05) is 0 Å². The molecule has 1 aliphatic carbocycles. The molecule has 0 aliphatic heterocycles. The van der Waals surface area contributed by atoms with Gasteiger partial charge in [-0.1, -0.05) is 30.3 Å². The third-order valence-corrected chi connectivity index (χ3v) is 3.35. The first-order valence-corrected chi connectivity index (χ1v) is 6.14. The van der Waals surface area contributed by atoms with Crippen LogP contribution in [0.2, 0.25) is 0 Å². The van der Waals surface area contributed by atoms with E-state index in [1.807, 2.05) is 13.1 Å². The number of hydrogen-bond donors (Lipinski definition) is 1. The molecule has 1 aromatic carbocycles. The molecule has 2 rings (SSSR count). The van der Waals surface area contributed by atoms with Gasteiger partial charge in [0.1, 0.15) is 0 Å². The summed E-state index contributed by atoms with van der Waals surface area (Å²) < 4.78 is 6.02. The van der Waals surface area contributed by atoms with Crippen molar-refractivity contribution in [1.82, 2.24) is 5.32 Å². The van der Waals surface area contributed by atoms with E-state index >= 15 is 0 Å². The number of benzene rings is 1. The molecule has 2 nitrogen and oxygen atoms in total. The predicted molar refractivity (Wildman–Crippen MR) is 66.4 cm³/mol. The van der Waals surface area contributed by atoms with Crippen LogP contribution in [0, 0.1) is 5.92 Å². The molecule has 16 heavy (non-hydrogen) atoms. The summed E-state index contributed by atoms with van der Waals surface area (Å²) in [4.78, 5) is 0. The Hall–Kier alpha value is -0.860. The maximum atomic E-state index is 6.02. The van der Waals surface area contributed by atoms with Gasteiger partial charge in [-0.3, -0.25) is 0 Å². The van der Waals surface area contributed by atoms with Crippen molar-refractivity contribution in [2.24, 2.45) is 5.92 Å². The smallest absolute Gasteiger partial charge is 0.0800 e. The van der Waals surface area contributed by atoms with Gasteiger partial charge in [0.25, 0.3) is 0 Å². The lowest BCUT2D eigenvalue weighted by atomic mass is 9.82. The average molecular weight is 219 g/mol. The van der Waals surface area contributed by atoms with E-state index in [-0.39, 0.29) is 6.10 Å². The van der Waals surface area contributed by atoms with Crippen LogP contribution in [-0.2, 0) is 4.74 Å². The van der Waals surface area contributed by atoms with Gasteiger partial charge in [0.2, 0.25) is 0 Å². The Bertz CT molecular complexity index is 306. The van der Waals surface area contributed by atoms with E-state index in [1.54, 1.807) is 0 Å². The van der Waals surface area contributed by atoms with E-state index in [2.05, 4.69) is 36.5 Å². The Morgan fingerprint density at radius 1 is 1.31 bits per heavy atom. The standard InChI is InChI=1S/C14H21NO/c1-11(13-6-4-3-5-7-13)16-14-8-12(9-14)10-15-2/h3-7,11-12,14-15H,8-10H2,1-2H3. The van der Waals surface area contributed by atoms with E-state index < -0.39 is 0 Å².